The number of hydrogen-bond acceptors (Lipinski definition) is 2. The Hall–Kier alpha value is -1.84. The van der Waals surface area contributed by atoms with Crippen molar-refractivity contribution < 1.29 is 9.59 Å². The number of amides is 2. The van der Waals surface area contributed by atoms with Gasteiger partial charge in [-0.05, 0) is 26.3 Å². The van der Waals surface area contributed by atoms with Crippen LogP contribution in [0.2, 0.25) is 0 Å². The summed E-state index contributed by atoms with van der Waals surface area (Å²) in [6.07, 6.45) is 0.540. The molecule has 1 aromatic carbocycles. The van der Waals surface area contributed by atoms with Crippen LogP contribution in [-0.2, 0) is 16.0 Å². The molecule has 4 heteroatoms. The Labute approximate surface area is 113 Å². The van der Waals surface area contributed by atoms with E-state index in [1.165, 1.54) is 0 Å². The number of nitrogens with one attached hydrogen (secondary N) is 1. The SMILES string of the molecule is CCN1C(=O)C(Cc2ccccc2)NC(=O)C1(C)C. The molecular weight excluding hydrogens is 240 g/mol. The minimum absolute atomic E-state index is 0.00375. The van der Waals surface area contributed by atoms with Crippen LogP contribution in [0.4, 0.5) is 0 Å². The highest BCUT2D eigenvalue weighted by atomic mass is 16.2. The summed E-state index contributed by atoms with van der Waals surface area (Å²) in [6.45, 7) is 6.01. The smallest absolute Gasteiger partial charge is 0.246 e. The molecule has 1 unspecified atom stereocenters. The number of likely N-dealkylation sites (N-methyl/N-ethyl adjacent to an activating group) is 1. The van der Waals surface area contributed by atoms with Gasteiger partial charge < -0.3 is 10.2 Å². The summed E-state index contributed by atoms with van der Waals surface area (Å²) in [5, 5.41) is 2.84. The molecule has 1 heterocycles. The number of hydrogen-bond donors (Lipinski definition) is 1. The van der Waals surface area contributed by atoms with E-state index in [1.54, 1.807) is 18.7 Å². The van der Waals surface area contributed by atoms with E-state index in [9.17, 15) is 9.59 Å². The lowest BCUT2D eigenvalue weighted by Gasteiger charge is -2.43. The third kappa shape index (κ3) is 2.48. The lowest BCUT2D eigenvalue weighted by Crippen LogP contribution is -2.68. The molecule has 19 heavy (non-hydrogen) atoms. The van der Waals surface area contributed by atoms with Crippen LogP contribution in [0.3, 0.4) is 0 Å². The Bertz CT molecular complexity index is 482. The Balaban J connectivity index is 2.20. The van der Waals surface area contributed by atoms with Crippen molar-refractivity contribution >= 4 is 11.8 Å². The molecular formula is C15H20N2O2. The molecule has 1 aromatic rings. The third-order valence-electron chi connectivity index (χ3n) is 3.70. The lowest BCUT2D eigenvalue weighted by molar-refractivity contribution is -0.154. The summed E-state index contributed by atoms with van der Waals surface area (Å²) >= 11 is 0. The number of nitrogens with zero attached hydrogens (tertiary/aromatic N) is 1. The number of piperazine rings is 1. The van der Waals surface area contributed by atoms with E-state index in [-0.39, 0.29) is 11.8 Å². The molecule has 2 rings (SSSR count). The molecule has 0 aliphatic carbocycles. The van der Waals surface area contributed by atoms with Crippen molar-refractivity contribution in [1.29, 1.82) is 0 Å². The fourth-order valence-electron chi connectivity index (χ4n) is 2.52. The molecule has 0 bridgehead atoms. The molecule has 1 saturated heterocycles. The highest BCUT2D eigenvalue weighted by molar-refractivity contribution is 5.99. The van der Waals surface area contributed by atoms with Gasteiger partial charge in [0.1, 0.15) is 11.6 Å². The predicted octanol–water partition coefficient (Wildman–Crippen LogP) is 1.35. The normalized spacial score (nSPS) is 22.3. The molecule has 1 N–H and O–H groups in total. The maximum absolute atomic E-state index is 12.4. The summed E-state index contributed by atoms with van der Waals surface area (Å²) in [5.41, 5.74) is 0.288. The summed E-state index contributed by atoms with van der Waals surface area (Å²) in [5.74, 6) is -0.0918. The van der Waals surface area contributed by atoms with Crippen molar-refractivity contribution in [3.05, 3.63) is 35.9 Å². The molecule has 1 atom stereocenters. The van der Waals surface area contributed by atoms with Gasteiger partial charge in [-0.1, -0.05) is 30.3 Å². The Morgan fingerprint density at radius 3 is 2.42 bits per heavy atom. The van der Waals surface area contributed by atoms with Gasteiger partial charge in [0, 0.05) is 13.0 Å². The maximum Gasteiger partial charge on any atom is 0.246 e. The molecule has 4 nitrogen and oxygen atoms in total. The van der Waals surface area contributed by atoms with Crippen molar-refractivity contribution in [2.75, 3.05) is 6.54 Å². The number of carbonyl (C=O) groups is 2. The molecule has 0 saturated carbocycles. The molecule has 0 aromatic heterocycles. The lowest BCUT2D eigenvalue weighted by atomic mass is 9.93. The first kappa shape index (κ1) is 13.6. The largest absolute Gasteiger partial charge is 0.342 e. The summed E-state index contributed by atoms with van der Waals surface area (Å²) in [4.78, 5) is 26.2. The second kappa shape index (κ2) is 5.03. The van der Waals surface area contributed by atoms with E-state index >= 15 is 0 Å². The quantitative estimate of drug-likeness (QED) is 0.892. The van der Waals surface area contributed by atoms with Gasteiger partial charge in [-0.15, -0.1) is 0 Å². The molecule has 2 amide bonds. The summed E-state index contributed by atoms with van der Waals surface area (Å²) in [6, 6.07) is 9.29. The van der Waals surface area contributed by atoms with Gasteiger partial charge in [0.05, 0.1) is 0 Å². The van der Waals surface area contributed by atoms with Gasteiger partial charge in [-0.3, -0.25) is 9.59 Å². The fraction of sp³-hybridized carbons (Fsp3) is 0.467. The average Bonchev–Trinajstić information content (AvgIpc) is 2.38. The van der Waals surface area contributed by atoms with Crippen LogP contribution < -0.4 is 5.32 Å². The minimum atomic E-state index is -0.765. The van der Waals surface area contributed by atoms with E-state index in [2.05, 4.69) is 5.32 Å². The van der Waals surface area contributed by atoms with Gasteiger partial charge in [0.2, 0.25) is 11.8 Å². The first-order valence-corrected chi connectivity index (χ1v) is 6.63. The van der Waals surface area contributed by atoms with Crippen LogP contribution in [0.25, 0.3) is 0 Å². The molecule has 102 valence electrons. The zero-order valence-corrected chi connectivity index (χ0v) is 11.6. The standard InChI is InChI=1S/C15H20N2O2/c1-4-17-13(18)12(16-14(19)15(17,2)3)10-11-8-6-5-7-9-11/h5-9,12H,4,10H2,1-3H3,(H,16,19). The van der Waals surface area contributed by atoms with Crippen LogP contribution in [0, 0.1) is 0 Å². The highest BCUT2D eigenvalue weighted by Crippen LogP contribution is 2.22. The fourth-order valence-corrected chi connectivity index (χ4v) is 2.52. The number of benzene rings is 1. The number of carbonyl (C=O) groups excluding carboxylic acids is 2. The third-order valence-corrected chi connectivity index (χ3v) is 3.70. The molecule has 1 aliphatic rings. The average molecular weight is 260 g/mol. The summed E-state index contributed by atoms with van der Waals surface area (Å²) < 4.78 is 0. The molecule has 0 radical (unpaired) electrons. The van der Waals surface area contributed by atoms with Gasteiger partial charge in [0.15, 0.2) is 0 Å². The van der Waals surface area contributed by atoms with Crippen LogP contribution in [0.1, 0.15) is 26.3 Å². The Morgan fingerprint density at radius 2 is 1.84 bits per heavy atom. The second-order valence-electron chi connectivity index (χ2n) is 5.36. The molecule has 1 aliphatic heterocycles. The van der Waals surface area contributed by atoms with E-state index in [0.717, 1.165) is 5.56 Å². The first-order chi connectivity index (χ1) is 8.96. The Morgan fingerprint density at radius 1 is 1.21 bits per heavy atom. The van der Waals surface area contributed by atoms with Crippen molar-refractivity contribution in [2.45, 2.75) is 38.8 Å². The molecule has 1 fully saturated rings. The van der Waals surface area contributed by atoms with Gasteiger partial charge in [-0.2, -0.15) is 0 Å². The van der Waals surface area contributed by atoms with E-state index in [0.29, 0.717) is 13.0 Å². The van der Waals surface area contributed by atoms with Crippen LogP contribution >= 0.6 is 0 Å². The van der Waals surface area contributed by atoms with Crippen molar-refractivity contribution in [3.63, 3.8) is 0 Å². The van der Waals surface area contributed by atoms with E-state index in [1.807, 2.05) is 37.3 Å². The number of rotatable bonds is 3. The van der Waals surface area contributed by atoms with Gasteiger partial charge >= 0.3 is 0 Å². The minimum Gasteiger partial charge on any atom is -0.342 e. The van der Waals surface area contributed by atoms with Crippen molar-refractivity contribution in [3.8, 4) is 0 Å². The zero-order chi connectivity index (χ0) is 14.0. The highest BCUT2D eigenvalue weighted by Gasteiger charge is 2.45. The van der Waals surface area contributed by atoms with Crippen LogP contribution in [0.15, 0.2) is 30.3 Å². The van der Waals surface area contributed by atoms with Gasteiger partial charge in [0.25, 0.3) is 0 Å². The zero-order valence-electron chi connectivity index (χ0n) is 11.6. The topological polar surface area (TPSA) is 49.4 Å². The maximum atomic E-state index is 12.4. The van der Waals surface area contributed by atoms with Crippen LogP contribution in [0.5, 0.6) is 0 Å². The van der Waals surface area contributed by atoms with Gasteiger partial charge in [-0.25, -0.2) is 0 Å². The Kier molecular flexibility index (Phi) is 3.60. The molecule has 0 spiro atoms. The predicted molar refractivity (Wildman–Crippen MR) is 73.5 cm³/mol. The monoisotopic (exact) mass is 260 g/mol. The van der Waals surface area contributed by atoms with Crippen molar-refractivity contribution in [2.24, 2.45) is 0 Å². The van der Waals surface area contributed by atoms with Crippen LogP contribution in [-0.4, -0.2) is 34.8 Å². The van der Waals surface area contributed by atoms with E-state index in [4.69, 9.17) is 0 Å². The second-order valence-corrected chi connectivity index (χ2v) is 5.36. The first-order valence-electron chi connectivity index (χ1n) is 6.63. The van der Waals surface area contributed by atoms with Crippen molar-refractivity contribution in [1.82, 2.24) is 10.2 Å². The van der Waals surface area contributed by atoms with E-state index < -0.39 is 11.6 Å². The summed E-state index contributed by atoms with van der Waals surface area (Å²) in [7, 11) is 0.